The van der Waals surface area contributed by atoms with Gasteiger partial charge in [0.2, 0.25) is 11.8 Å². The maximum Gasteiger partial charge on any atom is 0.326 e. The molecule has 112 valence electrons. The fraction of sp³-hybridized carbons (Fsp3) is 0.769. The van der Waals surface area contributed by atoms with Gasteiger partial charge in [0.1, 0.15) is 6.04 Å². The molecule has 0 bridgehead atoms. The van der Waals surface area contributed by atoms with E-state index in [4.69, 9.17) is 5.11 Å². The highest BCUT2D eigenvalue weighted by atomic mass is 16.4. The number of nitrogens with one attached hydrogen (secondary N) is 1. The molecule has 2 aliphatic rings. The number of carbonyl (C=O) groups is 3. The summed E-state index contributed by atoms with van der Waals surface area (Å²) in [5.74, 6) is -1.02. The zero-order valence-electron chi connectivity index (χ0n) is 11.4. The van der Waals surface area contributed by atoms with Crippen LogP contribution in [0.25, 0.3) is 0 Å². The molecule has 0 aromatic carbocycles. The summed E-state index contributed by atoms with van der Waals surface area (Å²) in [4.78, 5) is 35.7. The third kappa shape index (κ3) is 3.27. The summed E-state index contributed by atoms with van der Waals surface area (Å²) in [7, 11) is 0. The smallest absolute Gasteiger partial charge is 0.326 e. The molecule has 0 aromatic heterocycles. The van der Waals surface area contributed by atoms with E-state index in [1.807, 2.05) is 6.92 Å². The van der Waals surface area contributed by atoms with Crippen LogP contribution in [0, 0.1) is 11.8 Å². The number of aliphatic hydroxyl groups excluding tert-OH is 1. The highest BCUT2D eigenvalue weighted by Gasteiger charge is 2.40. The maximum atomic E-state index is 11.9. The molecule has 1 saturated heterocycles. The van der Waals surface area contributed by atoms with Crippen molar-refractivity contribution >= 4 is 17.8 Å². The molecule has 3 N–H and O–H groups in total. The molecular weight excluding hydrogens is 264 g/mol. The van der Waals surface area contributed by atoms with E-state index in [1.54, 1.807) is 0 Å². The molecule has 2 unspecified atom stereocenters. The van der Waals surface area contributed by atoms with Gasteiger partial charge in [-0.15, -0.1) is 0 Å². The minimum Gasteiger partial charge on any atom is -0.480 e. The van der Waals surface area contributed by atoms with Gasteiger partial charge in [-0.1, -0.05) is 6.92 Å². The molecule has 4 atom stereocenters. The number of hydrogen-bond acceptors (Lipinski definition) is 4. The fourth-order valence-corrected chi connectivity index (χ4v) is 2.58. The Hall–Kier alpha value is -1.63. The molecular formula is C13H20N2O5. The molecule has 0 spiro atoms. The Bertz CT molecular complexity index is 425. The van der Waals surface area contributed by atoms with Crippen LogP contribution in [-0.2, 0) is 14.4 Å². The first-order valence-corrected chi connectivity index (χ1v) is 6.88. The average Bonchev–Trinajstić information content (AvgIpc) is 2.96. The first-order chi connectivity index (χ1) is 9.40. The predicted molar refractivity (Wildman–Crippen MR) is 68.7 cm³/mol. The summed E-state index contributed by atoms with van der Waals surface area (Å²) in [5.41, 5.74) is 0. The number of nitrogens with zero attached hydrogens (tertiary/aromatic N) is 1. The third-order valence-corrected chi connectivity index (χ3v) is 3.97. The second-order valence-electron chi connectivity index (χ2n) is 5.65. The van der Waals surface area contributed by atoms with Gasteiger partial charge in [0.15, 0.2) is 0 Å². The molecule has 0 radical (unpaired) electrons. The summed E-state index contributed by atoms with van der Waals surface area (Å²) in [6.07, 6.45) is 0.220. The Balaban J connectivity index is 1.76. The lowest BCUT2D eigenvalue weighted by atomic mass is 10.2. The molecule has 1 heterocycles. The highest BCUT2D eigenvalue weighted by molar-refractivity contribution is 5.85. The monoisotopic (exact) mass is 284 g/mol. The zero-order chi connectivity index (χ0) is 14.9. The zero-order valence-corrected chi connectivity index (χ0v) is 11.4. The predicted octanol–water partition coefficient (Wildman–Crippen LogP) is -0.805. The quantitative estimate of drug-likeness (QED) is 0.612. The summed E-state index contributed by atoms with van der Waals surface area (Å²) in [6.45, 7) is 2.25. The van der Waals surface area contributed by atoms with Crippen molar-refractivity contribution in [1.82, 2.24) is 10.2 Å². The number of carboxylic acid groups (broad SMARTS) is 1. The minimum absolute atomic E-state index is 0.0402. The van der Waals surface area contributed by atoms with E-state index in [2.05, 4.69) is 5.32 Å². The maximum absolute atomic E-state index is 11.9. The van der Waals surface area contributed by atoms with Gasteiger partial charge in [-0.2, -0.15) is 0 Å². The fourth-order valence-electron chi connectivity index (χ4n) is 2.58. The lowest BCUT2D eigenvalue weighted by Gasteiger charge is -2.21. The molecule has 1 aliphatic carbocycles. The molecule has 7 nitrogen and oxygen atoms in total. The lowest BCUT2D eigenvalue weighted by molar-refractivity contribution is -0.148. The molecule has 7 heteroatoms. The largest absolute Gasteiger partial charge is 0.480 e. The van der Waals surface area contributed by atoms with E-state index in [0.29, 0.717) is 5.92 Å². The Morgan fingerprint density at radius 3 is 2.50 bits per heavy atom. The Kier molecular flexibility index (Phi) is 4.27. The summed E-state index contributed by atoms with van der Waals surface area (Å²) in [5, 5.41) is 21.2. The molecule has 1 aliphatic heterocycles. The van der Waals surface area contributed by atoms with Gasteiger partial charge in [0.05, 0.1) is 6.10 Å². The second-order valence-corrected chi connectivity index (χ2v) is 5.65. The van der Waals surface area contributed by atoms with Crippen molar-refractivity contribution < 1.29 is 24.6 Å². The van der Waals surface area contributed by atoms with Gasteiger partial charge < -0.3 is 20.4 Å². The molecule has 20 heavy (non-hydrogen) atoms. The van der Waals surface area contributed by atoms with Crippen molar-refractivity contribution in [3.8, 4) is 0 Å². The number of likely N-dealkylation sites (tertiary alicyclic amines) is 1. The van der Waals surface area contributed by atoms with Gasteiger partial charge >= 0.3 is 5.97 Å². The van der Waals surface area contributed by atoms with E-state index in [1.165, 1.54) is 4.90 Å². The van der Waals surface area contributed by atoms with Gasteiger partial charge in [-0.25, -0.2) is 4.79 Å². The average molecular weight is 284 g/mol. The van der Waals surface area contributed by atoms with Crippen molar-refractivity contribution in [3.05, 3.63) is 0 Å². The SMILES string of the molecule is CC1CC1C(=O)NCCC(=O)N1C[C@H](O)C[C@H]1C(=O)O. The van der Waals surface area contributed by atoms with Crippen molar-refractivity contribution in [2.75, 3.05) is 13.1 Å². The van der Waals surface area contributed by atoms with Crippen LogP contribution in [0.1, 0.15) is 26.2 Å². The van der Waals surface area contributed by atoms with Crippen molar-refractivity contribution in [2.45, 2.75) is 38.3 Å². The first kappa shape index (κ1) is 14.8. The number of rotatable bonds is 5. The number of carbonyl (C=O) groups excluding carboxylic acids is 2. The van der Waals surface area contributed by atoms with Crippen molar-refractivity contribution in [3.63, 3.8) is 0 Å². The summed E-state index contributed by atoms with van der Waals surface area (Å²) < 4.78 is 0. The molecule has 2 fully saturated rings. The van der Waals surface area contributed by atoms with E-state index >= 15 is 0 Å². The minimum atomic E-state index is -1.11. The van der Waals surface area contributed by atoms with E-state index in [-0.39, 0.29) is 43.7 Å². The number of hydrogen-bond donors (Lipinski definition) is 3. The number of aliphatic hydroxyl groups is 1. The third-order valence-electron chi connectivity index (χ3n) is 3.97. The lowest BCUT2D eigenvalue weighted by Crippen LogP contribution is -2.42. The first-order valence-electron chi connectivity index (χ1n) is 6.88. The summed E-state index contributed by atoms with van der Waals surface area (Å²) in [6, 6.07) is -0.961. The van der Waals surface area contributed by atoms with Crippen molar-refractivity contribution in [2.24, 2.45) is 11.8 Å². The number of amides is 2. The Labute approximate surface area is 116 Å². The van der Waals surface area contributed by atoms with Crippen LogP contribution in [-0.4, -0.2) is 58.1 Å². The molecule has 2 amide bonds. The number of β-amino-alcohol motifs (C(OH)–C–C–N with tert-alkyl or cyclic N) is 1. The molecule has 1 saturated carbocycles. The molecule has 0 aromatic rings. The van der Waals surface area contributed by atoms with Crippen LogP contribution in [0.15, 0.2) is 0 Å². The summed E-state index contributed by atoms with van der Waals surface area (Å²) >= 11 is 0. The Morgan fingerprint density at radius 2 is 1.95 bits per heavy atom. The second kappa shape index (κ2) is 5.78. The van der Waals surface area contributed by atoms with Gasteiger partial charge in [0, 0.05) is 31.8 Å². The molecule has 2 rings (SSSR count). The highest BCUT2D eigenvalue weighted by Crippen LogP contribution is 2.37. The van der Waals surface area contributed by atoms with E-state index < -0.39 is 18.1 Å². The van der Waals surface area contributed by atoms with Crippen LogP contribution >= 0.6 is 0 Å². The van der Waals surface area contributed by atoms with E-state index in [0.717, 1.165) is 6.42 Å². The van der Waals surface area contributed by atoms with Gasteiger partial charge in [0.25, 0.3) is 0 Å². The normalized spacial score (nSPS) is 32.0. The van der Waals surface area contributed by atoms with Gasteiger partial charge in [-0.3, -0.25) is 9.59 Å². The van der Waals surface area contributed by atoms with Gasteiger partial charge in [-0.05, 0) is 12.3 Å². The van der Waals surface area contributed by atoms with Crippen LogP contribution < -0.4 is 5.32 Å². The standard InChI is InChI=1S/C13H20N2O5/c1-7-4-9(7)12(18)14-3-2-11(17)15-6-8(16)5-10(15)13(19)20/h7-10,16H,2-6H2,1H3,(H,14,18)(H,19,20)/t7?,8-,9?,10+/m1/s1. The van der Waals surface area contributed by atoms with Crippen LogP contribution in [0.2, 0.25) is 0 Å². The van der Waals surface area contributed by atoms with Crippen LogP contribution in [0.5, 0.6) is 0 Å². The number of aliphatic carboxylic acids is 1. The van der Waals surface area contributed by atoms with E-state index in [9.17, 15) is 19.5 Å². The van der Waals surface area contributed by atoms with Crippen LogP contribution in [0.4, 0.5) is 0 Å². The Morgan fingerprint density at radius 1 is 1.30 bits per heavy atom. The van der Waals surface area contributed by atoms with Crippen molar-refractivity contribution in [1.29, 1.82) is 0 Å². The topological polar surface area (TPSA) is 107 Å². The van der Waals surface area contributed by atoms with Crippen LogP contribution in [0.3, 0.4) is 0 Å². The number of carboxylic acids is 1.